The fourth-order valence-electron chi connectivity index (χ4n) is 2.09. The summed E-state index contributed by atoms with van der Waals surface area (Å²) in [5.74, 6) is 0.907. The van der Waals surface area contributed by atoms with Crippen molar-refractivity contribution in [3.8, 4) is 5.75 Å². The number of ether oxygens (including phenoxy) is 1. The normalized spacial score (nSPS) is 10.8. The van der Waals surface area contributed by atoms with E-state index in [1.54, 1.807) is 7.11 Å². The first-order valence-corrected chi connectivity index (χ1v) is 6.23. The van der Waals surface area contributed by atoms with E-state index < -0.39 is 0 Å². The predicted octanol–water partition coefficient (Wildman–Crippen LogP) is 2.32. The summed E-state index contributed by atoms with van der Waals surface area (Å²) in [4.78, 5) is 0. The van der Waals surface area contributed by atoms with Crippen LogP contribution in [0.25, 0.3) is 10.8 Å². The molecule has 18 heavy (non-hydrogen) atoms. The van der Waals surface area contributed by atoms with Crippen molar-refractivity contribution < 1.29 is 9.84 Å². The third kappa shape index (κ3) is 2.81. The highest BCUT2D eigenvalue weighted by atomic mass is 16.5. The molecule has 2 N–H and O–H groups in total. The van der Waals surface area contributed by atoms with Crippen LogP contribution in [0.2, 0.25) is 0 Å². The largest absolute Gasteiger partial charge is 0.496 e. The van der Waals surface area contributed by atoms with Crippen LogP contribution in [0, 0.1) is 0 Å². The lowest BCUT2D eigenvalue weighted by Crippen LogP contribution is -2.15. The van der Waals surface area contributed by atoms with Gasteiger partial charge in [-0.15, -0.1) is 0 Å². The van der Waals surface area contributed by atoms with Crippen molar-refractivity contribution in [2.24, 2.45) is 0 Å². The van der Waals surface area contributed by atoms with Gasteiger partial charge in [0.1, 0.15) is 5.75 Å². The van der Waals surface area contributed by atoms with Crippen molar-refractivity contribution in [1.82, 2.24) is 5.32 Å². The third-order valence-electron chi connectivity index (χ3n) is 3.02. The van der Waals surface area contributed by atoms with Gasteiger partial charge < -0.3 is 15.2 Å². The molecule has 0 unspecified atom stereocenters. The van der Waals surface area contributed by atoms with Crippen LogP contribution in [-0.4, -0.2) is 25.4 Å². The summed E-state index contributed by atoms with van der Waals surface area (Å²) < 4.78 is 5.37. The zero-order valence-electron chi connectivity index (χ0n) is 10.6. The second-order valence-electron chi connectivity index (χ2n) is 4.23. The molecule has 3 nitrogen and oxygen atoms in total. The van der Waals surface area contributed by atoms with E-state index in [1.165, 1.54) is 10.9 Å². The standard InChI is InChI=1S/C15H19NO2/c1-18-15-8-7-12(11-16-9-4-10-17)13-5-2-3-6-14(13)15/h2-3,5-8,16-17H,4,9-11H2,1H3. The Bertz CT molecular complexity index is 511. The molecule has 0 amide bonds. The summed E-state index contributed by atoms with van der Waals surface area (Å²) in [6.07, 6.45) is 0.786. The summed E-state index contributed by atoms with van der Waals surface area (Å²) in [5, 5.41) is 14.4. The number of fused-ring (bicyclic) bond motifs is 1. The molecule has 2 aromatic rings. The minimum atomic E-state index is 0.233. The molecule has 2 rings (SSSR count). The molecule has 0 heterocycles. The van der Waals surface area contributed by atoms with E-state index in [-0.39, 0.29) is 6.61 Å². The number of aliphatic hydroxyl groups excluding tert-OH is 1. The van der Waals surface area contributed by atoms with Gasteiger partial charge in [0, 0.05) is 18.5 Å². The van der Waals surface area contributed by atoms with E-state index in [0.717, 1.165) is 30.6 Å². The molecule has 0 aromatic heterocycles. The lowest BCUT2D eigenvalue weighted by atomic mass is 10.0. The monoisotopic (exact) mass is 245 g/mol. The van der Waals surface area contributed by atoms with Gasteiger partial charge in [-0.2, -0.15) is 0 Å². The molecule has 0 saturated heterocycles. The van der Waals surface area contributed by atoms with Gasteiger partial charge in [0.15, 0.2) is 0 Å². The van der Waals surface area contributed by atoms with E-state index in [2.05, 4.69) is 23.5 Å². The van der Waals surface area contributed by atoms with Crippen LogP contribution < -0.4 is 10.1 Å². The maximum atomic E-state index is 8.75. The van der Waals surface area contributed by atoms with Crippen molar-refractivity contribution in [2.45, 2.75) is 13.0 Å². The molecule has 0 aliphatic carbocycles. The molecule has 0 fully saturated rings. The molecule has 2 aromatic carbocycles. The number of rotatable bonds is 6. The lowest BCUT2D eigenvalue weighted by molar-refractivity contribution is 0.286. The average Bonchev–Trinajstić information content (AvgIpc) is 2.43. The number of hydrogen-bond donors (Lipinski definition) is 2. The first-order valence-electron chi connectivity index (χ1n) is 6.23. The third-order valence-corrected chi connectivity index (χ3v) is 3.02. The Kier molecular flexibility index (Phi) is 4.56. The molecule has 0 spiro atoms. The molecule has 0 aliphatic heterocycles. The smallest absolute Gasteiger partial charge is 0.126 e. The summed E-state index contributed by atoms with van der Waals surface area (Å²) in [6, 6.07) is 12.3. The quantitative estimate of drug-likeness (QED) is 0.767. The number of methoxy groups -OCH3 is 1. The highest BCUT2D eigenvalue weighted by Crippen LogP contribution is 2.28. The number of aliphatic hydroxyl groups is 1. The summed E-state index contributed by atoms with van der Waals surface area (Å²) in [6.45, 7) is 1.87. The lowest BCUT2D eigenvalue weighted by Gasteiger charge is -2.11. The SMILES string of the molecule is COc1ccc(CNCCCO)c2ccccc12. The molecule has 96 valence electrons. The van der Waals surface area contributed by atoms with Crippen LogP contribution >= 0.6 is 0 Å². The van der Waals surface area contributed by atoms with Gasteiger partial charge in [0.25, 0.3) is 0 Å². The Labute approximate surface area is 107 Å². The van der Waals surface area contributed by atoms with Gasteiger partial charge in [-0.25, -0.2) is 0 Å². The van der Waals surface area contributed by atoms with Crippen molar-refractivity contribution in [3.05, 3.63) is 42.0 Å². The van der Waals surface area contributed by atoms with E-state index in [0.29, 0.717) is 0 Å². The first-order chi connectivity index (χ1) is 8.86. The van der Waals surface area contributed by atoms with Crippen LogP contribution in [-0.2, 0) is 6.54 Å². The van der Waals surface area contributed by atoms with Crippen LogP contribution in [0.3, 0.4) is 0 Å². The average molecular weight is 245 g/mol. The number of benzene rings is 2. The maximum Gasteiger partial charge on any atom is 0.126 e. The second-order valence-corrected chi connectivity index (χ2v) is 4.23. The van der Waals surface area contributed by atoms with Gasteiger partial charge >= 0.3 is 0 Å². The fourth-order valence-corrected chi connectivity index (χ4v) is 2.09. The van der Waals surface area contributed by atoms with Crippen molar-refractivity contribution in [3.63, 3.8) is 0 Å². The predicted molar refractivity (Wildman–Crippen MR) is 73.9 cm³/mol. The van der Waals surface area contributed by atoms with Crippen molar-refractivity contribution >= 4 is 10.8 Å². The Morgan fingerprint density at radius 3 is 2.61 bits per heavy atom. The highest BCUT2D eigenvalue weighted by molar-refractivity contribution is 5.91. The Hall–Kier alpha value is -1.58. The van der Waals surface area contributed by atoms with Crippen molar-refractivity contribution in [2.75, 3.05) is 20.3 Å². The second kappa shape index (κ2) is 6.38. The van der Waals surface area contributed by atoms with Gasteiger partial charge in [0.2, 0.25) is 0 Å². The summed E-state index contributed by atoms with van der Waals surface area (Å²) in [7, 11) is 1.70. The van der Waals surface area contributed by atoms with Crippen LogP contribution in [0.5, 0.6) is 5.75 Å². The Balaban J connectivity index is 2.23. The molecule has 0 bridgehead atoms. The van der Waals surface area contributed by atoms with Gasteiger partial charge in [-0.05, 0) is 30.0 Å². The Morgan fingerprint density at radius 1 is 1.11 bits per heavy atom. The summed E-state index contributed by atoms with van der Waals surface area (Å²) in [5.41, 5.74) is 1.25. The maximum absolute atomic E-state index is 8.75. The minimum absolute atomic E-state index is 0.233. The molecule has 0 atom stereocenters. The Morgan fingerprint density at radius 2 is 1.89 bits per heavy atom. The molecular weight excluding hydrogens is 226 g/mol. The van der Waals surface area contributed by atoms with Crippen LogP contribution in [0.15, 0.2) is 36.4 Å². The molecular formula is C15H19NO2. The van der Waals surface area contributed by atoms with Crippen LogP contribution in [0.1, 0.15) is 12.0 Å². The van der Waals surface area contributed by atoms with Gasteiger partial charge in [0.05, 0.1) is 7.11 Å². The van der Waals surface area contributed by atoms with E-state index in [1.807, 2.05) is 18.2 Å². The number of hydrogen-bond acceptors (Lipinski definition) is 3. The zero-order valence-corrected chi connectivity index (χ0v) is 10.6. The number of nitrogens with one attached hydrogen (secondary N) is 1. The molecule has 3 heteroatoms. The molecule has 0 aliphatic rings. The van der Waals surface area contributed by atoms with Crippen molar-refractivity contribution in [1.29, 1.82) is 0 Å². The van der Waals surface area contributed by atoms with Crippen LogP contribution in [0.4, 0.5) is 0 Å². The van der Waals surface area contributed by atoms with E-state index >= 15 is 0 Å². The topological polar surface area (TPSA) is 41.5 Å². The van der Waals surface area contributed by atoms with Gasteiger partial charge in [-0.3, -0.25) is 0 Å². The van der Waals surface area contributed by atoms with E-state index in [4.69, 9.17) is 9.84 Å². The van der Waals surface area contributed by atoms with Gasteiger partial charge in [-0.1, -0.05) is 30.3 Å². The highest BCUT2D eigenvalue weighted by Gasteiger charge is 2.05. The molecule has 0 radical (unpaired) electrons. The summed E-state index contributed by atoms with van der Waals surface area (Å²) >= 11 is 0. The zero-order chi connectivity index (χ0) is 12.8. The minimum Gasteiger partial charge on any atom is -0.496 e. The fraction of sp³-hybridized carbons (Fsp3) is 0.333. The molecule has 0 saturated carbocycles. The first kappa shape index (κ1) is 12.9. The van der Waals surface area contributed by atoms with E-state index in [9.17, 15) is 0 Å².